The Balaban J connectivity index is 0.00000253. The van der Waals surface area contributed by atoms with E-state index in [0.717, 1.165) is 23.1 Å². The lowest BCUT2D eigenvalue weighted by Gasteiger charge is -2.21. The topological polar surface area (TPSA) is 109 Å². The van der Waals surface area contributed by atoms with Crippen LogP contribution in [-0.4, -0.2) is 22.2 Å². The Morgan fingerprint density at radius 2 is 1.77 bits per heavy atom. The van der Waals surface area contributed by atoms with Gasteiger partial charge in [0, 0.05) is 12.6 Å². The van der Waals surface area contributed by atoms with Crippen LogP contribution in [0.2, 0.25) is 0 Å². The highest BCUT2D eigenvalue weighted by molar-refractivity contribution is 6.03. The monoisotopic (exact) mass is 634 g/mol. The van der Waals surface area contributed by atoms with Gasteiger partial charge in [-0.25, -0.2) is 9.07 Å². The molecule has 1 heterocycles. The Labute approximate surface area is 257 Å². The van der Waals surface area contributed by atoms with Crippen LogP contribution >= 0.6 is 24.8 Å². The molecule has 1 fully saturated rings. The number of nitrogens with zero attached hydrogens (tertiary/aromatic N) is 3. The average molecular weight is 635 g/mol. The number of aromatic nitrogens is 2. The molecule has 3 aromatic carbocycles. The molecule has 13 heteroatoms. The summed E-state index contributed by atoms with van der Waals surface area (Å²) in [6.07, 6.45) is -2.61. The molecule has 226 valence electrons. The molecule has 0 bridgehead atoms. The zero-order valence-corrected chi connectivity index (χ0v) is 24.2. The molecule has 1 saturated carbocycles. The summed E-state index contributed by atoms with van der Waals surface area (Å²) in [5, 5.41) is 18.9. The molecule has 1 aliphatic rings. The van der Waals surface area contributed by atoms with Gasteiger partial charge in [-0.15, -0.1) is 24.8 Å². The van der Waals surface area contributed by atoms with Crippen LogP contribution in [0.25, 0.3) is 5.69 Å². The summed E-state index contributed by atoms with van der Waals surface area (Å²) < 4.78 is 56.6. The van der Waals surface area contributed by atoms with Gasteiger partial charge in [-0.05, 0) is 78.4 Å². The first kappa shape index (κ1) is 33.6. The van der Waals surface area contributed by atoms with Gasteiger partial charge in [0.1, 0.15) is 11.5 Å². The van der Waals surface area contributed by atoms with Crippen LogP contribution in [0.4, 0.5) is 23.2 Å². The number of carbonyl (C=O) groups excluding carboxylic acids is 1. The fraction of sp³-hybridized carbons (Fsp3) is 0.233. The van der Waals surface area contributed by atoms with Crippen molar-refractivity contribution >= 4 is 36.4 Å². The van der Waals surface area contributed by atoms with Gasteiger partial charge in [0.2, 0.25) is 0 Å². The molecule has 1 amide bonds. The molecular weight excluding hydrogens is 607 g/mol. The van der Waals surface area contributed by atoms with Crippen molar-refractivity contribution in [2.75, 3.05) is 11.9 Å². The van der Waals surface area contributed by atoms with E-state index in [-0.39, 0.29) is 42.7 Å². The number of nitrogens with one attached hydrogen (secondary N) is 2. The molecule has 1 atom stereocenters. The second-order valence-electron chi connectivity index (χ2n) is 9.91. The molecule has 43 heavy (non-hydrogen) atoms. The van der Waals surface area contributed by atoms with Gasteiger partial charge in [0.15, 0.2) is 5.69 Å². The maximum absolute atomic E-state index is 15.0. The first-order chi connectivity index (χ1) is 19.7. The Kier molecular flexibility index (Phi) is 10.9. The van der Waals surface area contributed by atoms with Gasteiger partial charge in [-0.2, -0.15) is 23.5 Å². The van der Waals surface area contributed by atoms with E-state index in [1.54, 1.807) is 36.4 Å². The smallest absolute Gasteiger partial charge is 0.326 e. The normalized spacial score (nSPS) is 13.3. The highest BCUT2D eigenvalue weighted by atomic mass is 35.5. The summed E-state index contributed by atoms with van der Waals surface area (Å²) in [4.78, 5) is 13.3. The third kappa shape index (κ3) is 7.91. The lowest BCUT2D eigenvalue weighted by Crippen LogP contribution is -2.25. The van der Waals surface area contributed by atoms with E-state index in [4.69, 9.17) is 5.73 Å². The number of halogens is 6. The van der Waals surface area contributed by atoms with Crippen molar-refractivity contribution in [2.45, 2.75) is 31.6 Å². The van der Waals surface area contributed by atoms with Gasteiger partial charge >= 0.3 is 6.18 Å². The first-order valence-corrected chi connectivity index (χ1v) is 13.0. The maximum Gasteiger partial charge on any atom is 0.435 e. The van der Waals surface area contributed by atoms with Gasteiger partial charge in [-0.1, -0.05) is 30.3 Å². The second-order valence-corrected chi connectivity index (χ2v) is 9.91. The van der Waals surface area contributed by atoms with Crippen LogP contribution in [0, 0.1) is 23.1 Å². The van der Waals surface area contributed by atoms with Crippen LogP contribution in [0.1, 0.15) is 57.3 Å². The SMILES string of the molecule is Cl.Cl.N#Cc1cccc([C@@H](NCC2CC2)c2ccc(F)c(NC(=O)c3cc(C(F)(F)F)nn3-c3cccc(CN)c3)c2)c1. The number of nitrogens with two attached hydrogens (primary N) is 1. The summed E-state index contributed by atoms with van der Waals surface area (Å²) in [6.45, 7) is 0.843. The molecule has 0 saturated heterocycles. The maximum atomic E-state index is 15.0. The molecule has 0 spiro atoms. The molecule has 1 aliphatic carbocycles. The van der Waals surface area contributed by atoms with Crippen LogP contribution in [-0.2, 0) is 12.7 Å². The van der Waals surface area contributed by atoms with Gasteiger partial charge in [0.05, 0.1) is 29.0 Å². The number of rotatable bonds is 9. The number of alkyl halides is 3. The quantitative estimate of drug-likeness (QED) is 0.181. The average Bonchev–Trinajstić information content (AvgIpc) is 3.68. The standard InChI is InChI=1S/C30H26F4N6O.2ClH/c31-24-10-9-22(28(37-17-18-7-8-18)21-5-1-3-19(11-21)15-35)13-25(24)38-29(41)26-14-27(30(32,33)34)39-40(26)23-6-2-4-20(12-23)16-36;;/h1-6,9-14,18,28,37H,7-8,16-17,36H2,(H,38,41);2*1H/t28-;;/m1../s1. The number of hydrogen-bond acceptors (Lipinski definition) is 5. The fourth-order valence-electron chi connectivity index (χ4n) is 4.52. The van der Waals surface area contributed by atoms with E-state index in [1.165, 1.54) is 24.3 Å². The molecular formula is C30H28Cl2F4N6O. The Morgan fingerprint density at radius 1 is 1.05 bits per heavy atom. The minimum absolute atomic E-state index is 0. The van der Waals surface area contributed by atoms with E-state index in [9.17, 15) is 27.6 Å². The minimum atomic E-state index is -4.81. The molecule has 4 N–H and O–H groups in total. The van der Waals surface area contributed by atoms with E-state index >= 15 is 0 Å². The highest BCUT2D eigenvalue weighted by Gasteiger charge is 2.36. The number of benzene rings is 3. The van der Waals surface area contributed by atoms with Gasteiger partial charge in [-0.3, -0.25) is 4.79 Å². The van der Waals surface area contributed by atoms with Crippen LogP contribution in [0.5, 0.6) is 0 Å². The number of carbonyl (C=O) groups is 1. The molecule has 1 aromatic heterocycles. The lowest BCUT2D eigenvalue weighted by atomic mass is 9.96. The fourth-order valence-corrected chi connectivity index (χ4v) is 4.52. The number of hydrogen-bond donors (Lipinski definition) is 3. The van der Waals surface area contributed by atoms with Crippen molar-refractivity contribution < 1.29 is 22.4 Å². The Hall–Kier alpha value is -3.95. The molecule has 5 rings (SSSR count). The molecule has 0 aliphatic heterocycles. The van der Waals surface area contributed by atoms with Gasteiger partial charge in [0.25, 0.3) is 5.91 Å². The van der Waals surface area contributed by atoms with Crippen LogP contribution in [0.3, 0.4) is 0 Å². The molecule has 0 radical (unpaired) electrons. The van der Waals surface area contributed by atoms with Crippen molar-refractivity contribution in [2.24, 2.45) is 11.7 Å². The van der Waals surface area contributed by atoms with Crippen molar-refractivity contribution in [1.82, 2.24) is 15.1 Å². The minimum Gasteiger partial charge on any atom is -0.326 e. The summed E-state index contributed by atoms with van der Waals surface area (Å²) >= 11 is 0. The number of amides is 1. The van der Waals surface area contributed by atoms with Crippen molar-refractivity contribution in [1.29, 1.82) is 5.26 Å². The molecule has 7 nitrogen and oxygen atoms in total. The third-order valence-electron chi connectivity index (χ3n) is 6.85. The van der Waals surface area contributed by atoms with E-state index in [0.29, 0.717) is 35.2 Å². The summed E-state index contributed by atoms with van der Waals surface area (Å²) in [5.41, 5.74) is 6.44. The Morgan fingerprint density at radius 3 is 2.44 bits per heavy atom. The Bertz CT molecular complexity index is 1630. The van der Waals surface area contributed by atoms with E-state index < -0.39 is 35.3 Å². The lowest BCUT2D eigenvalue weighted by molar-refractivity contribution is -0.141. The van der Waals surface area contributed by atoms with Gasteiger partial charge < -0.3 is 16.4 Å². The van der Waals surface area contributed by atoms with Crippen LogP contribution in [0.15, 0.2) is 72.8 Å². The summed E-state index contributed by atoms with van der Waals surface area (Å²) in [5.74, 6) is -1.21. The predicted octanol–water partition coefficient (Wildman–Crippen LogP) is 6.55. The van der Waals surface area contributed by atoms with E-state index in [1.807, 2.05) is 6.07 Å². The highest BCUT2D eigenvalue weighted by Crippen LogP contribution is 2.33. The molecule has 4 aromatic rings. The second kappa shape index (κ2) is 14.0. The number of nitriles is 1. The zero-order chi connectivity index (χ0) is 29.1. The number of anilines is 1. The summed E-state index contributed by atoms with van der Waals surface area (Å²) in [6, 6.07) is 19.8. The third-order valence-corrected chi connectivity index (χ3v) is 6.85. The van der Waals surface area contributed by atoms with Crippen molar-refractivity contribution in [3.63, 3.8) is 0 Å². The first-order valence-electron chi connectivity index (χ1n) is 13.0. The summed E-state index contributed by atoms with van der Waals surface area (Å²) in [7, 11) is 0. The zero-order valence-electron chi connectivity index (χ0n) is 22.6. The van der Waals surface area contributed by atoms with Crippen LogP contribution < -0.4 is 16.4 Å². The van der Waals surface area contributed by atoms with E-state index in [2.05, 4.69) is 21.8 Å². The van der Waals surface area contributed by atoms with Crippen molar-refractivity contribution in [3.05, 3.63) is 112 Å². The molecule has 0 unspecified atom stereocenters. The van der Waals surface area contributed by atoms with Crippen molar-refractivity contribution in [3.8, 4) is 11.8 Å². The predicted molar refractivity (Wildman–Crippen MR) is 159 cm³/mol. The largest absolute Gasteiger partial charge is 0.435 e.